The van der Waals surface area contributed by atoms with E-state index in [1.165, 1.54) is 17.8 Å². The molecule has 0 amide bonds. The predicted octanol–water partition coefficient (Wildman–Crippen LogP) is 4.00. The Bertz CT molecular complexity index is 804. The summed E-state index contributed by atoms with van der Waals surface area (Å²) in [4.78, 5) is 25.2. The Morgan fingerprint density at radius 3 is 2.15 bits per heavy atom. The number of carbonyl (C=O) groups is 2. The molecule has 0 saturated heterocycles. The van der Waals surface area contributed by atoms with Gasteiger partial charge in [0, 0.05) is 9.79 Å². The molecule has 0 bridgehead atoms. The van der Waals surface area contributed by atoms with Gasteiger partial charge in [-0.1, -0.05) is 42.4 Å². The molecule has 0 aliphatic heterocycles. The maximum atomic E-state index is 12.6. The molecular formula is C20H20O5S. The summed E-state index contributed by atoms with van der Waals surface area (Å²) in [7, 11) is 0. The molecule has 2 N–H and O–H groups in total. The first-order valence-electron chi connectivity index (χ1n) is 8.54. The Morgan fingerprint density at radius 1 is 0.923 bits per heavy atom. The molecule has 0 radical (unpaired) electrons. The maximum Gasteiger partial charge on any atom is 0.339 e. The highest BCUT2D eigenvalue weighted by atomic mass is 32.2. The van der Waals surface area contributed by atoms with Crippen molar-refractivity contribution in [1.29, 1.82) is 0 Å². The topological polar surface area (TPSA) is 83.8 Å². The molecule has 5 nitrogen and oxygen atoms in total. The summed E-state index contributed by atoms with van der Waals surface area (Å²) >= 11 is 1.22. The van der Waals surface area contributed by atoms with Crippen molar-refractivity contribution < 1.29 is 24.5 Å². The molecule has 2 aromatic rings. The molecule has 3 rings (SSSR count). The minimum Gasteiger partial charge on any atom is -0.478 e. The minimum atomic E-state index is -1.02. The Kier molecular flexibility index (Phi) is 5.96. The number of hydrogen-bond donors (Lipinski definition) is 2. The number of rotatable bonds is 5. The van der Waals surface area contributed by atoms with Crippen LogP contribution in [0.1, 0.15) is 46.4 Å². The van der Waals surface area contributed by atoms with Crippen molar-refractivity contribution in [3.05, 3.63) is 59.7 Å². The van der Waals surface area contributed by atoms with Gasteiger partial charge in [-0.2, -0.15) is 0 Å². The smallest absolute Gasteiger partial charge is 0.339 e. The SMILES string of the molecule is O=C(O)c1ccccc1Sc1ccccc1C(=O)OC1CCCCC1O. The number of carbonyl (C=O) groups excluding carboxylic acids is 1. The monoisotopic (exact) mass is 372 g/mol. The van der Waals surface area contributed by atoms with Crippen LogP contribution in [0.3, 0.4) is 0 Å². The van der Waals surface area contributed by atoms with Crippen LogP contribution in [0.25, 0.3) is 0 Å². The normalized spacial score (nSPS) is 19.7. The second-order valence-electron chi connectivity index (χ2n) is 6.20. The van der Waals surface area contributed by atoms with Gasteiger partial charge in [-0.15, -0.1) is 0 Å². The summed E-state index contributed by atoms with van der Waals surface area (Å²) in [5, 5.41) is 19.4. The highest BCUT2D eigenvalue weighted by Gasteiger charge is 2.27. The lowest BCUT2D eigenvalue weighted by Gasteiger charge is -2.27. The molecule has 2 atom stereocenters. The standard InChI is InChI=1S/C20H20O5S/c21-15-9-3-4-10-16(15)25-20(24)14-8-2-6-12-18(14)26-17-11-5-1-7-13(17)19(22)23/h1-2,5-8,11-12,15-16,21H,3-4,9-10H2,(H,22,23). The number of aliphatic hydroxyl groups is 1. The summed E-state index contributed by atoms with van der Waals surface area (Å²) in [6.45, 7) is 0. The Balaban J connectivity index is 1.82. The molecule has 1 aliphatic rings. The van der Waals surface area contributed by atoms with Crippen molar-refractivity contribution in [2.24, 2.45) is 0 Å². The van der Waals surface area contributed by atoms with Gasteiger partial charge in [-0.05, 0) is 43.5 Å². The molecule has 136 valence electrons. The number of ether oxygens (including phenoxy) is 1. The van der Waals surface area contributed by atoms with Crippen LogP contribution < -0.4 is 0 Å². The quantitative estimate of drug-likeness (QED) is 0.772. The fourth-order valence-corrected chi connectivity index (χ4v) is 4.05. The largest absolute Gasteiger partial charge is 0.478 e. The van der Waals surface area contributed by atoms with E-state index in [1.54, 1.807) is 42.5 Å². The first-order chi connectivity index (χ1) is 12.6. The third kappa shape index (κ3) is 4.26. The first-order valence-corrected chi connectivity index (χ1v) is 9.36. The van der Waals surface area contributed by atoms with Gasteiger partial charge in [0.25, 0.3) is 0 Å². The Hall–Kier alpha value is -2.31. The second kappa shape index (κ2) is 8.38. The van der Waals surface area contributed by atoms with Crippen LogP contribution in [0.5, 0.6) is 0 Å². The Morgan fingerprint density at radius 2 is 1.50 bits per heavy atom. The number of hydrogen-bond acceptors (Lipinski definition) is 5. The summed E-state index contributed by atoms with van der Waals surface area (Å²) < 4.78 is 5.53. The van der Waals surface area contributed by atoms with E-state index in [2.05, 4.69) is 0 Å². The van der Waals surface area contributed by atoms with E-state index in [-0.39, 0.29) is 5.56 Å². The van der Waals surface area contributed by atoms with E-state index in [4.69, 9.17) is 4.74 Å². The summed E-state index contributed by atoms with van der Waals surface area (Å²) in [5.74, 6) is -1.51. The van der Waals surface area contributed by atoms with Crippen molar-refractivity contribution in [2.45, 2.75) is 47.7 Å². The number of carboxylic acids is 1. The van der Waals surface area contributed by atoms with Crippen LogP contribution in [0, 0.1) is 0 Å². The van der Waals surface area contributed by atoms with Crippen LogP contribution in [-0.4, -0.2) is 34.4 Å². The molecule has 0 spiro atoms. The average Bonchev–Trinajstić information content (AvgIpc) is 2.64. The molecule has 2 unspecified atom stereocenters. The molecule has 1 aliphatic carbocycles. The van der Waals surface area contributed by atoms with E-state index in [9.17, 15) is 19.8 Å². The van der Waals surface area contributed by atoms with Gasteiger partial charge in [0.15, 0.2) is 0 Å². The lowest BCUT2D eigenvalue weighted by molar-refractivity contribution is -0.0363. The number of carboxylic acid groups (broad SMARTS) is 1. The molecule has 1 saturated carbocycles. The fourth-order valence-electron chi connectivity index (χ4n) is 2.99. The number of aliphatic hydroxyl groups excluding tert-OH is 1. The molecule has 0 aromatic heterocycles. The van der Waals surface area contributed by atoms with Gasteiger partial charge in [-0.25, -0.2) is 9.59 Å². The second-order valence-corrected chi connectivity index (χ2v) is 7.28. The van der Waals surface area contributed by atoms with Gasteiger partial charge in [0.2, 0.25) is 0 Å². The van der Waals surface area contributed by atoms with Crippen LogP contribution >= 0.6 is 11.8 Å². The van der Waals surface area contributed by atoms with Crippen molar-refractivity contribution in [1.82, 2.24) is 0 Å². The number of aromatic carboxylic acids is 1. The highest BCUT2D eigenvalue weighted by molar-refractivity contribution is 7.99. The van der Waals surface area contributed by atoms with Gasteiger partial charge < -0.3 is 14.9 Å². The van der Waals surface area contributed by atoms with Crippen molar-refractivity contribution >= 4 is 23.7 Å². The molecule has 6 heteroatoms. The van der Waals surface area contributed by atoms with E-state index in [0.717, 1.165) is 12.8 Å². The third-order valence-corrected chi connectivity index (χ3v) is 5.52. The predicted molar refractivity (Wildman–Crippen MR) is 97.6 cm³/mol. The molecule has 2 aromatic carbocycles. The minimum absolute atomic E-state index is 0.184. The third-order valence-electron chi connectivity index (χ3n) is 4.37. The van der Waals surface area contributed by atoms with Gasteiger partial charge >= 0.3 is 11.9 Å². The lowest BCUT2D eigenvalue weighted by Crippen LogP contribution is -2.34. The maximum absolute atomic E-state index is 12.6. The van der Waals surface area contributed by atoms with Crippen molar-refractivity contribution in [3.8, 4) is 0 Å². The summed E-state index contributed by atoms with van der Waals surface area (Å²) in [6, 6.07) is 13.6. The van der Waals surface area contributed by atoms with Crippen LogP contribution in [0.2, 0.25) is 0 Å². The average molecular weight is 372 g/mol. The number of benzene rings is 2. The molecule has 26 heavy (non-hydrogen) atoms. The highest BCUT2D eigenvalue weighted by Crippen LogP contribution is 2.33. The fraction of sp³-hybridized carbons (Fsp3) is 0.300. The van der Waals surface area contributed by atoms with Gasteiger partial charge in [0.05, 0.1) is 17.2 Å². The van der Waals surface area contributed by atoms with E-state index in [0.29, 0.717) is 28.2 Å². The van der Waals surface area contributed by atoms with Crippen LogP contribution in [-0.2, 0) is 4.74 Å². The lowest BCUT2D eigenvalue weighted by atomic mass is 9.95. The Labute approximate surface area is 156 Å². The van der Waals surface area contributed by atoms with E-state index >= 15 is 0 Å². The molecule has 1 fully saturated rings. The van der Waals surface area contributed by atoms with Gasteiger partial charge in [-0.3, -0.25) is 0 Å². The summed E-state index contributed by atoms with van der Waals surface area (Å²) in [6.07, 6.45) is 2.05. The van der Waals surface area contributed by atoms with Crippen molar-refractivity contribution in [2.75, 3.05) is 0 Å². The van der Waals surface area contributed by atoms with E-state index < -0.39 is 24.1 Å². The zero-order valence-corrected chi connectivity index (χ0v) is 14.9. The first kappa shape index (κ1) is 18.5. The van der Waals surface area contributed by atoms with Crippen LogP contribution in [0.4, 0.5) is 0 Å². The van der Waals surface area contributed by atoms with Crippen molar-refractivity contribution in [3.63, 3.8) is 0 Å². The van der Waals surface area contributed by atoms with E-state index in [1.807, 2.05) is 0 Å². The van der Waals surface area contributed by atoms with Gasteiger partial charge in [0.1, 0.15) is 6.10 Å². The summed E-state index contributed by atoms with van der Waals surface area (Å²) in [5.41, 5.74) is 0.554. The zero-order valence-electron chi connectivity index (χ0n) is 14.1. The number of esters is 1. The van der Waals surface area contributed by atoms with Crippen LogP contribution in [0.15, 0.2) is 58.3 Å². The molecule has 0 heterocycles. The zero-order chi connectivity index (χ0) is 18.5. The molecular weight excluding hydrogens is 352 g/mol.